The predicted molar refractivity (Wildman–Crippen MR) is 87.8 cm³/mol. The van der Waals surface area contributed by atoms with Crippen LogP contribution in [0.2, 0.25) is 0 Å². The molecule has 1 aromatic heterocycles. The molecule has 0 radical (unpaired) electrons. The van der Waals surface area contributed by atoms with Gasteiger partial charge in [0.05, 0.1) is 4.92 Å². The first-order valence-electron chi connectivity index (χ1n) is 6.91. The molecule has 0 spiro atoms. The van der Waals surface area contributed by atoms with E-state index in [0.29, 0.717) is 22.4 Å². The minimum atomic E-state index is -0.429. The Kier molecular flexibility index (Phi) is 4.66. The zero-order valence-corrected chi connectivity index (χ0v) is 13.1. The van der Waals surface area contributed by atoms with Crippen LogP contribution in [0, 0.1) is 10.1 Å². The van der Waals surface area contributed by atoms with E-state index in [4.69, 9.17) is 4.42 Å². The molecule has 0 saturated heterocycles. The number of hydrogen-bond acceptors (Lipinski definition) is 7. The smallest absolute Gasteiger partial charge is 0.277 e. The van der Waals surface area contributed by atoms with Crippen molar-refractivity contribution in [1.29, 1.82) is 0 Å². The van der Waals surface area contributed by atoms with Gasteiger partial charge in [-0.25, -0.2) is 0 Å². The van der Waals surface area contributed by atoms with E-state index in [-0.39, 0.29) is 5.69 Å². The molecule has 0 unspecified atom stereocenters. The molecule has 0 bridgehead atoms. The zero-order chi connectivity index (χ0) is 16.9. The molecule has 7 nitrogen and oxygen atoms in total. The highest BCUT2D eigenvalue weighted by molar-refractivity contribution is 7.98. The molecule has 2 aromatic carbocycles. The van der Waals surface area contributed by atoms with Crippen LogP contribution in [-0.2, 0) is 5.75 Å². The molecule has 24 heavy (non-hydrogen) atoms. The third kappa shape index (κ3) is 3.66. The molecule has 0 amide bonds. The summed E-state index contributed by atoms with van der Waals surface area (Å²) in [4.78, 5) is 21.0. The lowest BCUT2D eigenvalue weighted by molar-refractivity contribution is -0.384. The number of nitro groups is 1. The first-order valence-corrected chi connectivity index (χ1v) is 7.89. The van der Waals surface area contributed by atoms with Gasteiger partial charge in [0.1, 0.15) is 6.29 Å². The van der Waals surface area contributed by atoms with Crippen LogP contribution in [0.4, 0.5) is 5.69 Å². The summed E-state index contributed by atoms with van der Waals surface area (Å²) in [6, 6.07) is 13.2. The summed E-state index contributed by atoms with van der Waals surface area (Å²) in [5.74, 6) is 0.835. The summed E-state index contributed by atoms with van der Waals surface area (Å²) in [5, 5.41) is 19.1. The fraction of sp³-hybridized carbons (Fsp3) is 0.0625. The Balaban J connectivity index is 1.68. The van der Waals surface area contributed by atoms with E-state index in [0.717, 1.165) is 17.4 Å². The number of carbonyl (C=O) groups excluding carboxylic acids is 1. The number of nitrogens with zero attached hydrogens (tertiary/aromatic N) is 3. The van der Waals surface area contributed by atoms with E-state index in [2.05, 4.69) is 10.2 Å². The van der Waals surface area contributed by atoms with Gasteiger partial charge in [-0.05, 0) is 17.7 Å². The Bertz CT molecular complexity index is 877. The van der Waals surface area contributed by atoms with Gasteiger partial charge in [0.15, 0.2) is 0 Å². The van der Waals surface area contributed by atoms with E-state index in [9.17, 15) is 14.9 Å². The summed E-state index contributed by atoms with van der Waals surface area (Å²) in [6.45, 7) is 0. The van der Waals surface area contributed by atoms with Gasteiger partial charge in [0.2, 0.25) is 5.89 Å². The number of non-ortho nitro benzene ring substituents is 1. The standard InChI is InChI=1S/C16H11N3O4S/c20-9-11-4-6-13(7-5-11)15-17-18-16(23-15)24-10-12-2-1-3-14(8-12)19(21)22/h1-9H,10H2. The van der Waals surface area contributed by atoms with Gasteiger partial charge in [-0.3, -0.25) is 14.9 Å². The van der Waals surface area contributed by atoms with Crippen molar-refractivity contribution in [3.63, 3.8) is 0 Å². The molecule has 0 saturated carbocycles. The molecule has 0 fully saturated rings. The number of nitro benzene ring substituents is 1. The third-order valence-electron chi connectivity index (χ3n) is 3.18. The van der Waals surface area contributed by atoms with Crippen LogP contribution in [0.3, 0.4) is 0 Å². The highest BCUT2D eigenvalue weighted by Crippen LogP contribution is 2.26. The number of benzene rings is 2. The Labute approximate surface area is 140 Å². The maximum Gasteiger partial charge on any atom is 0.277 e. The number of aldehydes is 1. The molecular weight excluding hydrogens is 330 g/mol. The molecule has 0 N–H and O–H groups in total. The molecule has 0 aliphatic rings. The van der Waals surface area contributed by atoms with Crippen molar-refractivity contribution in [3.8, 4) is 11.5 Å². The van der Waals surface area contributed by atoms with Gasteiger partial charge in [0, 0.05) is 29.0 Å². The minimum absolute atomic E-state index is 0.0505. The van der Waals surface area contributed by atoms with Crippen LogP contribution in [0.25, 0.3) is 11.5 Å². The first-order chi connectivity index (χ1) is 11.7. The Morgan fingerprint density at radius 3 is 2.67 bits per heavy atom. The van der Waals surface area contributed by atoms with Gasteiger partial charge in [-0.1, -0.05) is 36.0 Å². The van der Waals surface area contributed by atoms with Crippen LogP contribution in [0.5, 0.6) is 0 Å². The van der Waals surface area contributed by atoms with Crippen LogP contribution in [0.15, 0.2) is 58.2 Å². The molecule has 0 atom stereocenters. The van der Waals surface area contributed by atoms with E-state index in [1.54, 1.807) is 36.4 Å². The fourth-order valence-electron chi connectivity index (χ4n) is 1.99. The summed E-state index contributed by atoms with van der Waals surface area (Å²) in [6.07, 6.45) is 0.762. The van der Waals surface area contributed by atoms with Crippen LogP contribution in [-0.4, -0.2) is 21.4 Å². The van der Waals surface area contributed by atoms with Crippen molar-refractivity contribution in [2.75, 3.05) is 0 Å². The number of hydrogen-bond donors (Lipinski definition) is 0. The Morgan fingerprint density at radius 1 is 1.17 bits per heavy atom. The quantitative estimate of drug-likeness (QED) is 0.291. The van der Waals surface area contributed by atoms with Gasteiger partial charge >= 0.3 is 0 Å². The first kappa shape index (κ1) is 15.9. The van der Waals surface area contributed by atoms with Gasteiger partial charge in [-0.2, -0.15) is 0 Å². The third-order valence-corrected chi connectivity index (χ3v) is 4.07. The van der Waals surface area contributed by atoms with Gasteiger partial charge < -0.3 is 4.42 Å². The highest BCUT2D eigenvalue weighted by atomic mass is 32.2. The van der Waals surface area contributed by atoms with E-state index < -0.39 is 4.92 Å². The molecular formula is C16H11N3O4S. The average molecular weight is 341 g/mol. The van der Waals surface area contributed by atoms with Crippen LogP contribution >= 0.6 is 11.8 Å². The number of thioether (sulfide) groups is 1. The number of aromatic nitrogens is 2. The Morgan fingerprint density at radius 2 is 1.96 bits per heavy atom. The molecule has 3 rings (SSSR count). The SMILES string of the molecule is O=Cc1ccc(-c2nnc(SCc3cccc([N+](=O)[O-])c3)o2)cc1. The summed E-state index contributed by atoms with van der Waals surface area (Å²) in [5.41, 5.74) is 2.13. The summed E-state index contributed by atoms with van der Waals surface area (Å²) >= 11 is 1.30. The normalized spacial score (nSPS) is 10.5. The van der Waals surface area contributed by atoms with Crippen LogP contribution in [0.1, 0.15) is 15.9 Å². The second-order valence-corrected chi connectivity index (χ2v) is 5.76. The highest BCUT2D eigenvalue weighted by Gasteiger charge is 2.11. The fourth-order valence-corrected chi connectivity index (χ4v) is 2.70. The lowest BCUT2D eigenvalue weighted by atomic mass is 10.1. The largest absolute Gasteiger partial charge is 0.411 e. The van der Waals surface area contributed by atoms with Crippen molar-refractivity contribution in [1.82, 2.24) is 10.2 Å². The zero-order valence-electron chi connectivity index (χ0n) is 12.3. The maximum absolute atomic E-state index is 10.8. The van der Waals surface area contributed by atoms with Crippen molar-refractivity contribution < 1.29 is 14.1 Å². The molecule has 8 heteroatoms. The molecule has 0 aliphatic carbocycles. The Hall–Kier alpha value is -3.00. The monoisotopic (exact) mass is 341 g/mol. The summed E-state index contributed by atoms with van der Waals surface area (Å²) in [7, 11) is 0. The number of rotatable bonds is 6. The second kappa shape index (κ2) is 7.05. The molecule has 0 aliphatic heterocycles. The van der Waals surface area contributed by atoms with Crippen molar-refractivity contribution in [2.45, 2.75) is 11.0 Å². The van der Waals surface area contributed by atoms with Crippen molar-refractivity contribution in [2.24, 2.45) is 0 Å². The van der Waals surface area contributed by atoms with Crippen molar-refractivity contribution in [3.05, 3.63) is 69.8 Å². The molecule has 3 aromatic rings. The van der Waals surface area contributed by atoms with Crippen LogP contribution < -0.4 is 0 Å². The van der Waals surface area contributed by atoms with Crippen molar-refractivity contribution >= 4 is 23.7 Å². The average Bonchev–Trinajstić information content (AvgIpc) is 3.09. The molecule has 1 heterocycles. The minimum Gasteiger partial charge on any atom is -0.411 e. The molecule has 120 valence electrons. The summed E-state index contributed by atoms with van der Waals surface area (Å²) < 4.78 is 5.56. The lowest BCUT2D eigenvalue weighted by Gasteiger charge is -1.98. The maximum atomic E-state index is 10.8. The van der Waals surface area contributed by atoms with E-state index in [1.165, 1.54) is 23.9 Å². The lowest BCUT2D eigenvalue weighted by Crippen LogP contribution is -1.89. The van der Waals surface area contributed by atoms with Gasteiger partial charge in [0.25, 0.3) is 10.9 Å². The van der Waals surface area contributed by atoms with E-state index >= 15 is 0 Å². The van der Waals surface area contributed by atoms with Gasteiger partial charge in [-0.15, -0.1) is 10.2 Å². The number of carbonyl (C=O) groups is 1. The van der Waals surface area contributed by atoms with E-state index in [1.807, 2.05) is 0 Å². The second-order valence-electron chi connectivity index (χ2n) is 4.83. The topological polar surface area (TPSA) is 99.1 Å². The predicted octanol–water partition coefficient (Wildman–Crippen LogP) is 3.75.